The third-order valence-corrected chi connectivity index (χ3v) is 4.90. The quantitative estimate of drug-likeness (QED) is 0.698. The Balaban J connectivity index is 2.14. The summed E-state index contributed by atoms with van der Waals surface area (Å²) in [5.41, 5.74) is -2.80. The van der Waals surface area contributed by atoms with Gasteiger partial charge in [-0.25, -0.2) is 0 Å². The highest BCUT2D eigenvalue weighted by atomic mass is 16.4. The van der Waals surface area contributed by atoms with Crippen LogP contribution in [-0.2, 0) is 14.4 Å². The van der Waals surface area contributed by atoms with Crippen molar-refractivity contribution in [1.29, 1.82) is 0 Å². The molecular formula is C12H14O5. The number of ketones is 1. The minimum atomic E-state index is -1.40. The molecule has 5 nitrogen and oxygen atoms in total. The lowest BCUT2D eigenvalue weighted by Crippen LogP contribution is -2.64. The van der Waals surface area contributed by atoms with E-state index in [4.69, 9.17) is 0 Å². The molecule has 0 aromatic rings. The average Bonchev–Trinajstić information content (AvgIpc) is 2.23. The van der Waals surface area contributed by atoms with Gasteiger partial charge >= 0.3 is 11.9 Å². The number of carboxylic acid groups (broad SMARTS) is 2. The summed E-state index contributed by atoms with van der Waals surface area (Å²) >= 11 is 0. The zero-order valence-corrected chi connectivity index (χ0v) is 9.31. The summed E-state index contributed by atoms with van der Waals surface area (Å²) in [5.74, 6) is -2.61. The van der Waals surface area contributed by atoms with Crippen LogP contribution >= 0.6 is 0 Å². The molecule has 0 saturated heterocycles. The molecule has 0 aromatic heterocycles. The number of carbonyl (C=O) groups is 3. The molecule has 4 rings (SSSR count). The largest absolute Gasteiger partial charge is 0.480 e. The molecule has 5 heteroatoms. The Morgan fingerprint density at radius 2 is 1.29 bits per heavy atom. The van der Waals surface area contributed by atoms with Crippen LogP contribution in [0.15, 0.2) is 0 Å². The molecule has 2 N–H and O–H groups in total. The normalized spacial score (nSPS) is 47.2. The lowest BCUT2D eigenvalue weighted by Gasteiger charge is -2.57. The highest BCUT2D eigenvalue weighted by Gasteiger charge is 2.69. The van der Waals surface area contributed by atoms with Crippen molar-refractivity contribution in [2.75, 3.05) is 0 Å². The van der Waals surface area contributed by atoms with E-state index in [0.717, 1.165) is 6.42 Å². The molecule has 4 bridgehead atoms. The van der Waals surface area contributed by atoms with Crippen molar-refractivity contribution in [1.82, 2.24) is 0 Å². The molecule has 0 amide bonds. The van der Waals surface area contributed by atoms with Crippen LogP contribution in [0.5, 0.6) is 0 Å². The molecule has 0 unspecified atom stereocenters. The van der Waals surface area contributed by atoms with E-state index < -0.39 is 28.6 Å². The van der Waals surface area contributed by atoms with Gasteiger partial charge in [0.1, 0.15) is 10.8 Å². The highest BCUT2D eigenvalue weighted by molar-refractivity contribution is 6.15. The molecule has 4 aliphatic carbocycles. The first kappa shape index (κ1) is 10.7. The van der Waals surface area contributed by atoms with Gasteiger partial charge in [-0.1, -0.05) is 0 Å². The number of hydrogen-bond acceptors (Lipinski definition) is 3. The standard InChI is InChI=1S/C12H14O5/c13-8-11(9(14)15)2-6-1-7(4-11)5-12(8,3-6)10(16)17/h6-7H,1-5H2,(H,14,15)(H,16,17). The van der Waals surface area contributed by atoms with Crippen molar-refractivity contribution < 1.29 is 24.6 Å². The Kier molecular flexibility index (Phi) is 1.83. The van der Waals surface area contributed by atoms with Crippen molar-refractivity contribution >= 4 is 17.7 Å². The van der Waals surface area contributed by atoms with Gasteiger partial charge in [0.25, 0.3) is 0 Å². The van der Waals surface area contributed by atoms with E-state index in [-0.39, 0.29) is 11.8 Å². The second-order valence-electron chi connectivity index (χ2n) is 5.89. The monoisotopic (exact) mass is 238 g/mol. The Morgan fingerprint density at radius 3 is 1.59 bits per heavy atom. The molecule has 4 saturated carbocycles. The van der Waals surface area contributed by atoms with Gasteiger partial charge in [0.2, 0.25) is 0 Å². The maximum atomic E-state index is 12.3. The molecule has 0 radical (unpaired) electrons. The van der Waals surface area contributed by atoms with Crippen LogP contribution in [0.2, 0.25) is 0 Å². The second-order valence-corrected chi connectivity index (χ2v) is 5.89. The summed E-state index contributed by atoms with van der Waals surface area (Å²) in [5, 5.41) is 18.7. The predicted molar refractivity (Wildman–Crippen MR) is 55.2 cm³/mol. The number of hydrogen-bond donors (Lipinski definition) is 2. The molecule has 0 atom stereocenters. The molecule has 0 aliphatic heterocycles. The van der Waals surface area contributed by atoms with E-state index in [1.165, 1.54) is 0 Å². The Hall–Kier alpha value is -1.39. The van der Waals surface area contributed by atoms with Gasteiger partial charge in [0, 0.05) is 0 Å². The summed E-state index contributed by atoms with van der Waals surface area (Å²) in [4.78, 5) is 35.2. The van der Waals surface area contributed by atoms with Crippen molar-refractivity contribution in [3.63, 3.8) is 0 Å². The minimum absolute atomic E-state index is 0.0902. The molecule has 0 aromatic carbocycles. The van der Waals surface area contributed by atoms with Gasteiger partial charge in [-0.05, 0) is 43.9 Å². The SMILES string of the molecule is O=C(O)C12CC3CC(C1)CC(C(=O)O)(C3)C2=O. The lowest BCUT2D eigenvalue weighted by molar-refractivity contribution is -0.189. The van der Waals surface area contributed by atoms with E-state index in [1.807, 2.05) is 0 Å². The van der Waals surface area contributed by atoms with E-state index in [1.54, 1.807) is 0 Å². The fraction of sp³-hybridized carbons (Fsp3) is 0.750. The van der Waals surface area contributed by atoms with Gasteiger partial charge in [-0.2, -0.15) is 0 Å². The summed E-state index contributed by atoms with van der Waals surface area (Å²) in [6.07, 6.45) is 2.25. The van der Waals surface area contributed by atoms with Gasteiger partial charge in [-0.3, -0.25) is 14.4 Å². The number of aliphatic carboxylic acids is 2. The minimum Gasteiger partial charge on any atom is -0.480 e. The first-order chi connectivity index (χ1) is 7.91. The molecule has 17 heavy (non-hydrogen) atoms. The zero-order valence-electron chi connectivity index (χ0n) is 9.31. The summed E-state index contributed by atoms with van der Waals surface area (Å²) < 4.78 is 0. The fourth-order valence-corrected chi connectivity index (χ4v) is 4.46. The Bertz CT molecular complexity index is 388. The first-order valence-electron chi connectivity index (χ1n) is 5.92. The molecule has 0 heterocycles. The van der Waals surface area contributed by atoms with E-state index in [2.05, 4.69) is 0 Å². The van der Waals surface area contributed by atoms with E-state index in [0.29, 0.717) is 25.7 Å². The summed E-state index contributed by atoms with van der Waals surface area (Å²) in [6.45, 7) is 0. The predicted octanol–water partition coefficient (Wildman–Crippen LogP) is 0.921. The molecule has 92 valence electrons. The molecular weight excluding hydrogens is 224 g/mol. The fourth-order valence-electron chi connectivity index (χ4n) is 4.46. The smallest absolute Gasteiger partial charge is 0.317 e. The van der Waals surface area contributed by atoms with Crippen molar-refractivity contribution in [3.8, 4) is 0 Å². The first-order valence-corrected chi connectivity index (χ1v) is 5.92. The van der Waals surface area contributed by atoms with Gasteiger partial charge < -0.3 is 10.2 Å². The number of Topliss-reactive ketones (excluding diaryl/α,β-unsaturated/α-hetero) is 1. The highest BCUT2D eigenvalue weighted by Crippen LogP contribution is 2.63. The van der Waals surface area contributed by atoms with Crippen LogP contribution in [0.3, 0.4) is 0 Å². The Morgan fingerprint density at radius 1 is 0.941 bits per heavy atom. The summed E-state index contributed by atoms with van der Waals surface area (Å²) in [6, 6.07) is 0. The van der Waals surface area contributed by atoms with E-state index >= 15 is 0 Å². The maximum absolute atomic E-state index is 12.3. The van der Waals surface area contributed by atoms with Crippen LogP contribution in [-0.4, -0.2) is 27.9 Å². The second kappa shape index (κ2) is 2.89. The third kappa shape index (κ3) is 1.07. The van der Waals surface area contributed by atoms with Crippen LogP contribution in [0.25, 0.3) is 0 Å². The van der Waals surface area contributed by atoms with Gasteiger partial charge in [0.05, 0.1) is 0 Å². The lowest BCUT2D eigenvalue weighted by atomic mass is 9.43. The molecule has 4 fully saturated rings. The molecule has 4 aliphatic rings. The Labute approximate surface area is 97.8 Å². The van der Waals surface area contributed by atoms with Crippen LogP contribution < -0.4 is 0 Å². The summed E-state index contributed by atoms with van der Waals surface area (Å²) in [7, 11) is 0. The van der Waals surface area contributed by atoms with Gasteiger partial charge in [-0.15, -0.1) is 0 Å². The van der Waals surface area contributed by atoms with Crippen molar-refractivity contribution in [3.05, 3.63) is 0 Å². The average molecular weight is 238 g/mol. The van der Waals surface area contributed by atoms with Crippen molar-refractivity contribution in [2.24, 2.45) is 22.7 Å². The maximum Gasteiger partial charge on any atom is 0.317 e. The van der Waals surface area contributed by atoms with Crippen LogP contribution in [0, 0.1) is 22.7 Å². The number of carbonyl (C=O) groups excluding carboxylic acids is 1. The number of carboxylic acids is 2. The zero-order chi connectivity index (χ0) is 12.4. The van der Waals surface area contributed by atoms with Crippen LogP contribution in [0.1, 0.15) is 32.1 Å². The molecule has 0 spiro atoms. The topological polar surface area (TPSA) is 91.7 Å². The third-order valence-electron chi connectivity index (χ3n) is 4.90. The van der Waals surface area contributed by atoms with Gasteiger partial charge in [0.15, 0.2) is 5.78 Å². The number of rotatable bonds is 2. The van der Waals surface area contributed by atoms with Crippen molar-refractivity contribution in [2.45, 2.75) is 32.1 Å². The van der Waals surface area contributed by atoms with Crippen LogP contribution in [0.4, 0.5) is 0 Å². The van der Waals surface area contributed by atoms with E-state index in [9.17, 15) is 24.6 Å².